The van der Waals surface area contributed by atoms with Crippen LogP contribution in [-0.4, -0.2) is 0 Å². The third-order valence-corrected chi connectivity index (χ3v) is 1.61. The van der Waals surface area contributed by atoms with Gasteiger partial charge in [0.2, 0.25) is 0 Å². The Morgan fingerprint density at radius 1 is 1.40 bits per heavy atom. The summed E-state index contributed by atoms with van der Waals surface area (Å²) in [5.74, 6) is 0. The minimum Gasteiger partial charge on any atom is -0.344 e. The molecule has 1 rings (SSSR count). The van der Waals surface area contributed by atoms with Crippen LogP contribution in [0.3, 0.4) is 0 Å². The van der Waals surface area contributed by atoms with Gasteiger partial charge in [-0.1, -0.05) is 37.1 Å². The number of hydrogen-bond donors (Lipinski definition) is 1. The summed E-state index contributed by atoms with van der Waals surface area (Å²) >= 11 is 0. The molecule has 0 aromatic rings. The van der Waals surface area contributed by atoms with Gasteiger partial charge in [-0.15, -0.1) is 0 Å². The second-order valence-electron chi connectivity index (χ2n) is 2.51. The van der Waals surface area contributed by atoms with Gasteiger partial charge < -0.3 is 6.15 Å². The topological polar surface area (TPSA) is 35.0 Å². The van der Waals surface area contributed by atoms with E-state index in [0.29, 0.717) is 0 Å². The molecular weight excluding hydrogens is 122 g/mol. The minimum absolute atomic E-state index is 0. The molecule has 0 aliphatic heterocycles. The summed E-state index contributed by atoms with van der Waals surface area (Å²) in [5.41, 5.74) is 1.53. The fraction of sp³-hybridized carbons (Fsp3) is 0.556. The highest BCUT2D eigenvalue weighted by atomic mass is 14.0. The fourth-order valence-corrected chi connectivity index (χ4v) is 1.14. The van der Waals surface area contributed by atoms with Crippen LogP contribution in [0.2, 0.25) is 0 Å². The fourth-order valence-electron chi connectivity index (χ4n) is 1.14. The summed E-state index contributed by atoms with van der Waals surface area (Å²) in [4.78, 5) is 0. The Labute approximate surface area is 63.4 Å². The van der Waals surface area contributed by atoms with Gasteiger partial charge in [0.15, 0.2) is 0 Å². The van der Waals surface area contributed by atoms with Crippen molar-refractivity contribution in [1.82, 2.24) is 6.15 Å². The molecule has 3 N–H and O–H groups in total. The van der Waals surface area contributed by atoms with E-state index in [-0.39, 0.29) is 6.15 Å². The van der Waals surface area contributed by atoms with Gasteiger partial charge >= 0.3 is 0 Å². The first-order valence-electron chi connectivity index (χ1n) is 3.79. The zero-order chi connectivity index (χ0) is 6.53. The van der Waals surface area contributed by atoms with E-state index in [9.17, 15) is 0 Å². The van der Waals surface area contributed by atoms with Gasteiger partial charge in [0, 0.05) is 0 Å². The van der Waals surface area contributed by atoms with Gasteiger partial charge in [-0.3, -0.25) is 0 Å². The zero-order valence-electron chi connectivity index (χ0n) is 6.77. The van der Waals surface area contributed by atoms with Gasteiger partial charge in [0.25, 0.3) is 0 Å². The van der Waals surface area contributed by atoms with Crippen LogP contribution < -0.4 is 6.15 Å². The molecule has 1 aliphatic rings. The molecule has 1 nitrogen and oxygen atoms in total. The Morgan fingerprint density at radius 2 is 2.20 bits per heavy atom. The predicted molar refractivity (Wildman–Crippen MR) is 46.4 cm³/mol. The Hall–Kier alpha value is -0.560. The Bertz CT molecular complexity index is 134. The third-order valence-electron chi connectivity index (χ3n) is 1.61. The highest BCUT2D eigenvalue weighted by Crippen LogP contribution is 2.13. The van der Waals surface area contributed by atoms with Crippen molar-refractivity contribution in [2.45, 2.75) is 32.6 Å². The molecule has 0 aromatic heterocycles. The first-order chi connectivity index (χ1) is 4.43. The van der Waals surface area contributed by atoms with Gasteiger partial charge in [-0.2, -0.15) is 0 Å². The molecule has 0 saturated heterocycles. The molecule has 0 fully saturated rings. The average Bonchev–Trinajstić information content (AvgIpc) is 1.91. The maximum absolute atomic E-state index is 2.35. The Balaban J connectivity index is 0.000000810. The van der Waals surface area contributed by atoms with E-state index >= 15 is 0 Å². The predicted octanol–water partition coefficient (Wildman–Crippen LogP) is 3.22. The average molecular weight is 139 g/mol. The largest absolute Gasteiger partial charge is 0.344 e. The van der Waals surface area contributed by atoms with E-state index < -0.39 is 0 Å². The van der Waals surface area contributed by atoms with Crippen molar-refractivity contribution >= 4 is 0 Å². The minimum atomic E-state index is 0. The maximum Gasteiger partial charge on any atom is -0.0285 e. The standard InChI is InChI=1S/C9H14.H3N/c1-2-6-9-7-4-3-5-8-9;/h4,7-8H,2-3,5-6H2,1H3;1H3. The molecule has 0 bridgehead atoms. The lowest BCUT2D eigenvalue weighted by Crippen LogP contribution is -1.82. The van der Waals surface area contributed by atoms with Crippen molar-refractivity contribution in [2.75, 3.05) is 0 Å². The summed E-state index contributed by atoms with van der Waals surface area (Å²) in [5, 5.41) is 0. The van der Waals surface area contributed by atoms with Crippen LogP contribution in [0.1, 0.15) is 32.6 Å². The summed E-state index contributed by atoms with van der Waals surface area (Å²) in [6.45, 7) is 2.23. The zero-order valence-corrected chi connectivity index (χ0v) is 6.77. The third kappa shape index (κ3) is 2.83. The molecule has 0 heterocycles. The lowest BCUT2D eigenvalue weighted by Gasteiger charge is -2.03. The van der Waals surface area contributed by atoms with Crippen LogP contribution in [-0.2, 0) is 0 Å². The molecule has 0 amide bonds. The van der Waals surface area contributed by atoms with Gasteiger partial charge in [0.05, 0.1) is 0 Å². The molecule has 58 valence electrons. The first-order valence-corrected chi connectivity index (χ1v) is 3.79. The first kappa shape index (κ1) is 9.44. The van der Waals surface area contributed by atoms with Crippen LogP contribution in [0.4, 0.5) is 0 Å². The summed E-state index contributed by atoms with van der Waals surface area (Å²) in [7, 11) is 0. The lowest BCUT2D eigenvalue weighted by molar-refractivity contribution is 0.894. The van der Waals surface area contributed by atoms with Gasteiger partial charge in [-0.05, 0) is 19.3 Å². The van der Waals surface area contributed by atoms with Crippen molar-refractivity contribution in [3.63, 3.8) is 0 Å². The molecule has 10 heavy (non-hydrogen) atoms. The molecule has 1 aliphatic carbocycles. The summed E-state index contributed by atoms with van der Waals surface area (Å²) in [6.07, 6.45) is 11.9. The number of rotatable bonds is 2. The smallest absolute Gasteiger partial charge is 0.0285 e. The number of hydrogen-bond acceptors (Lipinski definition) is 1. The molecular formula is C9H17N. The SMILES string of the molecule is CCCC1=CCCC=C1.N. The van der Waals surface area contributed by atoms with E-state index in [0.717, 1.165) is 0 Å². The summed E-state index contributed by atoms with van der Waals surface area (Å²) in [6, 6.07) is 0. The Morgan fingerprint density at radius 3 is 2.70 bits per heavy atom. The normalized spacial score (nSPS) is 15.9. The Kier molecular flexibility index (Phi) is 4.95. The van der Waals surface area contributed by atoms with Crippen molar-refractivity contribution in [3.8, 4) is 0 Å². The van der Waals surface area contributed by atoms with Gasteiger partial charge in [-0.25, -0.2) is 0 Å². The molecule has 1 heteroatoms. The van der Waals surface area contributed by atoms with Crippen LogP contribution in [0.25, 0.3) is 0 Å². The molecule has 0 spiro atoms. The molecule has 0 atom stereocenters. The number of allylic oxidation sites excluding steroid dienone is 4. The molecule has 0 unspecified atom stereocenters. The van der Waals surface area contributed by atoms with E-state index in [2.05, 4.69) is 25.2 Å². The van der Waals surface area contributed by atoms with Crippen molar-refractivity contribution in [2.24, 2.45) is 0 Å². The monoisotopic (exact) mass is 139 g/mol. The van der Waals surface area contributed by atoms with Crippen LogP contribution in [0.15, 0.2) is 23.8 Å². The van der Waals surface area contributed by atoms with Crippen LogP contribution >= 0.6 is 0 Å². The molecule has 0 aromatic carbocycles. The highest BCUT2D eigenvalue weighted by Gasteiger charge is 1.93. The van der Waals surface area contributed by atoms with Crippen molar-refractivity contribution < 1.29 is 0 Å². The quantitative estimate of drug-likeness (QED) is 0.626. The highest BCUT2D eigenvalue weighted by molar-refractivity contribution is 5.21. The van der Waals surface area contributed by atoms with Crippen molar-refractivity contribution in [1.29, 1.82) is 0 Å². The van der Waals surface area contributed by atoms with Crippen molar-refractivity contribution in [3.05, 3.63) is 23.8 Å². The maximum atomic E-state index is 2.35. The van der Waals surface area contributed by atoms with E-state index in [4.69, 9.17) is 0 Å². The van der Waals surface area contributed by atoms with E-state index in [1.165, 1.54) is 31.3 Å². The van der Waals surface area contributed by atoms with E-state index in [1.54, 1.807) is 0 Å². The summed E-state index contributed by atoms with van der Waals surface area (Å²) < 4.78 is 0. The van der Waals surface area contributed by atoms with Gasteiger partial charge in [0.1, 0.15) is 0 Å². The molecule has 0 saturated carbocycles. The van der Waals surface area contributed by atoms with Crippen LogP contribution in [0.5, 0.6) is 0 Å². The van der Waals surface area contributed by atoms with E-state index in [1.807, 2.05) is 0 Å². The van der Waals surface area contributed by atoms with Crippen LogP contribution in [0, 0.1) is 0 Å². The second-order valence-corrected chi connectivity index (χ2v) is 2.51. The second kappa shape index (κ2) is 5.24. The lowest BCUT2D eigenvalue weighted by atomic mass is 10.0. The molecule has 0 radical (unpaired) electrons.